The number of aliphatic hydroxyl groups is 1. The number of hydrogen-bond acceptors (Lipinski definition) is 3. The summed E-state index contributed by atoms with van der Waals surface area (Å²) in [6.07, 6.45) is -3.09. The molecule has 4 nitrogen and oxygen atoms in total. The average Bonchev–Trinajstić information content (AvgIpc) is 3.16. The monoisotopic (exact) mass is 343 g/mol. The molecule has 7 heteroatoms. The molecule has 2 aliphatic rings. The molecule has 132 valence electrons. The van der Waals surface area contributed by atoms with Crippen LogP contribution in [0.3, 0.4) is 0 Å². The van der Waals surface area contributed by atoms with E-state index in [0.29, 0.717) is 12.2 Å². The van der Waals surface area contributed by atoms with Gasteiger partial charge in [0.25, 0.3) is 0 Å². The van der Waals surface area contributed by atoms with Gasteiger partial charge in [-0.25, -0.2) is 0 Å². The standard InChI is InChI=1S/C17H20F3NO3/c18-17(19,20)12-4-1-3-11(7-12)15-8-13(22)10-21(15)16(23)9-14-5-2-6-24-14/h1,3-4,7,13-15,22H,2,5-6,8-10H2. The zero-order valence-corrected chi connectivity index (χ0v) is 13.1. The Morgan fingerprint density at radius 3 is 2.83 bits per heavy atom. The van der Waals surface area contributed by atoms with Gasteiger partial charge >= 0.3 is 6.18 Å². The number of carbonyl (C=O) groups excluding carboxylic acids is 1. The molecule has 1 aromatic rings. The van der Waals surface area contributed by atoms with E-state index in [1.165, 1.54) is 11.0 Å². The van der Waals surface area contributed by atoms with Crippen LogP contribution < -0.4 is 0 Å². The van der Waals surface area contributed by atoms with Crippen molar-refractivity contribution in [3.8, 4) is 0 Å². The average molecular weight is 343 g/mol. The van der Waals surface area contributed by atoms with Crippen LogP contribution in [0.5, 0.6) is 0 Å². The molecule has 24 heavy (non-hydrogen) atoms. The molecule has 2 heterocycles. The second-order valence-electron chi connectivity index (χ2n) is 6.41. The first-order chi connectivity index (χ1) is 11.3. The van der Waals surface area contributed by atoms with Crippen LogP contribution in [0, 0.1) is 0 Å². The lowest BCUT2D eigenvalue weighted by Gasteiger charge is -2.26. The van der Waals surface area contributed by atoms with E-state index < -0.39 is 23.9 Å². The molecule has 0 spiro atoms. The summed E-state index contributed by atoms with van der Waals surface area (Å²) in [5.74, 6) is -0.180. The van der Waals surface area contributed by atoms with E-state index in [1.54, 1.807) is 6.07 Å². The highest BCUT2D eigenvalue weighted by atomic mass is 19.4. The number of ether oxygens (including phenoxy) is 1. The van der Waals surface area contributed by atoms with Gasteiger partial charge in [-0.15, -0.1) is 0 Å². The summed E-state index contributed by atoms with van der Waals surface area (Å²) < 4.78 is 44.2. The molecule has 0 radical (unpaired) electrons. The Morgan fingerprint density at radius 2 is 2.17 bits per heavy atom. The van der Waals surface area contributed by atoms with E-state index in [4.69, 9.17) is 4.74 Å². The van der Waals surface area contributed by atoms with E-state index in [9.17, 15) is 23.1 Å². The molecule has 3 unspecified atom stereocenters. The van der Waals surface area contributed by atoms with Gasteiger partial charge in [0.2, 0.25) is 5.91 Å². The molecule has 3 atom stereocenters. The van der Waals surface area contributed by atoms with Gasteiger partial charge in [-0.2, -0.15) is 13.2 Å². The predicted octanol–water partition coefficient (Wildman–Crippen LogP) is 2.91. The van der Waals surface area contributed by atoms with Crippen molar-refractivity contribution < 1.29 is 27.8 Å². The molecule has 2 saturated heterocycles. The molecule has 1 N–H and O–H groups in total. The predicted molar refractivity (Wildman–Crippen MR) is 80.1 cm³/mol. The maximum atomic E-state index is 12.9. The molecule has 0 aromatic heterocycles. The molecular weight excluding hydrogens is 323 g/mol. The minimum absolute atomic E-state index is 0.127. The van der Waals surface area contributed by atoms with Crippen molar-refractivity contribution in [2.24, 2.45) is 0 Å². The Labute approximate surface area is 138 Å². The molecule has 0 aliphatic carbocycles. The van der Waals surface area contributed by atoms with Gasteiger partial charge in [-0.1, -0.05) is 12.1 Å². The molecular formula is C17H20F3NO3. The summed E-state index contributed by atoms with van der Waals surface area (Å²) in [6, 6.07) is 4.45. The molecule has 1 amide bonds. The number of aliphatic hydroxyl groups excluding tert-OH is 1. The quantitative estimate of drug-likeness (QED) is 0.918. The van der Waals surface area contributed by atoms with Gasteiger partial charge < -0.3 is 14.7 Å². The van der Waals surface area contributed by atoms with Crippen molar-refractivity contribution in [2.75, 3.05) is 13.2 Å². The van der Waals surface area contributed by atoms with Crippen molar-refractivity contribution in [1.29, 1.82) is 0 Å². The second kappa shape index (κ2) is 6.72. The smallest absolute Gasteiger partial charge is 0.391 e. The number of halogens is 3. The third kappa shape index (κ3) is 3.72. The van der Waals surface area contributed by atoms with Gasteiger partial charge in [0.1, 0.15) is 0 Å². The minimum Gasteiger partial charge on any atom is -0.391 e. The molecule has 0 saturated carbocycles. The summed E-state index contributed by atoms with van der Waals surface area (Å²) >= 11 is 0. The highest BCUT2D eigenvalue weighted by Crippen LogP contribution is 2.36. The summed E-state index contributed by atoms with van der Waals surface area (Å²) in [4.78, 5) is 14.0. The van der Waals surface area contributed by atoms with E-state index in [2.05, 4.69) is 0 Å². The summed E-state index contributed by atoms with van der Waals surface area (Å²) in [5, 5.41) is 9.92. The fraction of sp³-hybridized carbons (Fsp3) is 0.588. The van der Waals surface area contributed by atoms with Crippen molar-refractivity contribution >= 4 is 5.91 Å². The van der Waals surface area contributed by atoms with Crippen LogP contribution in [0.2, 0.25) is 0 Å². The van der Waals surface area contributed by atoms with Crippen LogP contribution in [0.1, 0.15) is 42.9 Å². The van der Waals surface area contributed by atoms with Gasteiger partial charge in [0.15, 0.2) is 0 Å². The number of β-amino-alcohol motifs (C(OH)–C–C–N with tert-alkyl or cyclic N) is 1. The van der Waals surface area contributed by atoms with Gasteiger partial charge in [-0.3, -0.25) is 4.79 Å². The topological polar surface area (TPSA) is 49.8 Å². The zero-order chi connectivity index (χ0) is 17.3. The lowest BCUT2D eigenvalue weighted by Crippen LogP contribution is -2.34. The maximum Gasteiger partial charge on any atom is 0.416 e. The van der Waals surface area contributed by atoms with Crippen molar-refractivity contribution in [2.45, 2.75) is 50.1 Å². The normalized spacial score (nSPS) is 27.7. The fourth-order valence-electron chi connectivity index (χ4n) is 3.45. The van der Waals surface area contributed by atoms with Crippen LogP contribution in [-0.2, 0) is 15.7 Å². The number of hydrogen-bond donors (Lipinski definition) is 1. The molecule has 0 bridgehead atoms. The minimum atomic E-state index is -4.43. The Hall–Kier alpha value is -1.60. The Bertz CT molecular complexity index is 599. The number of carbonyl (C=O) groups is 1. The van der Waals surface area contributed by atoms with E-state index in [0.717, 1.165) is 25.0 Å². The van der Waals surface area contributed by atoms with Gasteiger partial charge in [-0.05, 0) is 37.0 Å². The van der Waals surface area contributed by atoms with Crippen molar-refractivity contribution in [1.82, 2.24) is 4.90 Å². The van der Waals surface area contributed by atoms with Crippen LogP contribution in [0.4, 0.5) is 13.2 Å². The number of likely N-dealkylation sites (tertiary alicyclic amines) is 1. The third-order valence-electron chi connectivity index (χ3n) is 4.62. The number of rotatable bonds is 3. The van der Waals surface area contributed by atoms with E-state index >= 15 is 0 Å². The molecule has 3 rings (SSSR count). The second-order valence-corrected chi connectivity index (χ2v) is 6.41. The first-order valence-electron chi connectivity index (χ1n) is 8.11. The molecule has 2 aliphatic heterocycles. The maximum absolute atomic E-state index is 12.9. The molecule has 2 fully saturated rings. The van der Waals surface area contributed by atoms with Crippen molar-refractivity contribution in [3.63, 3.8) is 0 Å². The summed E-state index contributed by atoms with van der Waals surface area (Å²) in [7, 11) is 0. The third-order valence-corrected chi connectivity index (χ3v) is 4.62. The van der Waals surface area contributed by atoms with Crippen LogP contribution >= 0.6 is 0 Å². The number of amides is 1. The van der Waals surface area contributed by atoms with Crippen LogP contribution in [0.15, 0.2) is 24.3 Å². The van der Waals surface area contributed by atoms with Gasteiger partial charge in [0, 0.05) is 13.2 Å². The Morgan fingerprint density at radius 1 is 1.38 bits per heavy atom. The first-order valence-corrected chi connectivity index (χ1v) is 8.11. The van der Waals surface area contributed by atoms with Gasteiger partial charge in [0.05, 0.1) is 30.2 Å². The molecule has 1 aromatic carbocycles. The largest absolute Gasteiger partial charge is 0.416 e. The fourth-order valence-corrected chi connectivity index (χ4v) is 3.45. The number of benzene rings is 1. The summed E-state index contributed by atoms with van der Waals surface area (Å²) in [5.41, 5.74) is -0.338. The Kier molecular flexibility index (Phi) is 4.83. The highest BCUT2D eigenvalue weighted by molar-refractivity contribution is 5.77. The summed E-state index contributed by atoms with van der Waals surface area (Å²) in [6.45, 7) is 0.782. The zero-order valence-electron chi connectivity index (χ0n) is 13.1. The number of alkyl halides is 3. The van der Waals surface area contributed by atoms with Crippen molar-refractivity contribution in [3.05, 3.63) is 35.4 Å². The first kappa shape index (κ1) is 17.2. The lowest BCUT2D eigenvalue weighted by molar-refractivity contribution is -0.137. The highest BCUT2D eigenvalue weighted by Gasteiger charge is 2.38. The van der Waals surface area contributed by atoms with E-state index in [1.807, 2.05) is 0 Å². The Balaban J connectivity index is 1.78. The SMILES string of the molecule is O=C(CC1CCCO1)N1CC(O)CC1c1cccc(C(F)(F)F)c1. The number of nitrogens with zero attached hydrogens (tertiary/aromatic N) is 1. The van der Waals surface area contributed by atoms with Crippen LogP contribution in [0.25, 0.3) is 0 Å². The lowest BCUT2D eigenvalue weighted by atomic mass is 10.0. The van der Waals surface area contributed by atoms with E-state index in [-0.39, 0.29) is 31.4 Å². The van der Waals surface area contributed by atoms with Crippen LogP contribution in [-0.4, -0.2) is 41.3 Å².